The number of amides is 1. The second kappa shape index (κ2) is 5.96. The van der Waals surface area contributed by atoms with Gasteiger partial charge < -0.3 is 9.64 Å². The van der Waals surface area contributed by atoms with Gasteiger partial charge >= 0.3 is 0 Å². The number of methoxy groups -OCH3 is 1. The van der Waals surface area contributed by atoms with Gasteiger partial charge in [-0.05, 0) is 24.0 Å². The lowest BCUT2D eigenvalue weighted by Gasteiger charge is -2.16. The molecule has 1 atom stereocenters. The fourth-order valence-electron chi connectivity index (χ4n) is 2.38. The van der Waals surface area contributed by atoms with Gasteiger partial charge in [-0.25, -0.2) is 4.39 Å². The Hall–Kier alpha value is -1.42. The number of hydrogen-bond acceptors (Lipinski definition) is 2. The molecule has 0 aromatic heterocycles. The maximum atomic E-state index is 13.5. The largest absolute Gasteiger partial charge is 0.383 e. The van der Waals surface area contributed by atoms with E-state index < -0.39 is 0 Å². The maximum absolute atomic E-state index is 13.5. The lowest BCUT2D eigenvalue weighted by Crippen LogP contribution is -2.28. The zero-order valence-electron chi connectivity index (χ0n) is 10.6. The van der Waals surface area contributed by atoms with E-state index in [1.165, 1.54) is 6.07 Å². The number of nitrogens with zero attached hydrogens (tertiary/aromatic N) is 1. The van der Waals surface area contributed by atoms with Crippen molar-refractivity contribution < 1.29 is 13.9 Å². The summed E-state index contributed by atoms with van der Waals surface area (Å²) in [4.78, 5) is 13.5. The van der Waals surface area contributed by atoms with Gasteiger partial charge in [0.25, 0.3) is 0 Å². The summed E-state index contributed by atoms with van der Waals surface area (Å²) in [7, 11) is 1.62. The molecule has 0 aliphatic carbocycles. The van der Waals surface area contributed by atoms with E-state index in [1.54, 1.807) is 24.1 Å². The Morgan fingerprint density at radius 1 is 1.44 bits per heavy atom. The Bertz CT molecular complexity index is 422. The van der Waals surface area contributed by atoms with Crippen molar-refractivity contribution in [2.45, 2.75) is 12.8 Å². The van der Waals surface area contributed by atoms with Crippen LogP contribution in [0.2, 0.25) is 0 Å². The molecular formula is C14H18FNO2. The van der Waals surface area contributed by atoms with Crippen molar-refractivity contribution in [1.29, 1.82) is 0 Å². The second-order valence-corrected chi connectivity index (χ2v) is 4.70. The van der Waals surface area contributed by atoms with Gasteiger partial charge in [0.1, 0.15) is 5.82 Å². The molecule has 0 spiro atoms. The van der Waals surface area contributed by atoms with E-state index in [2.05, 4.69) is 0 Å². The summed E-state index contributed by atoms with van der Waals surface area (Å²) >= 11 is 0. The number of benzene rings is 1. The van der Waals surface area contributed by atoms with Crippen LogP contribution < -0.4 is 0 Å². The normalized spacial score (nSPS) is 19.6. The van der Waals surface area contributed by atoms with Crippen molar-refractivity contribution in [3.63, 3.8) is 0 Å². The van der Waals surface area contributed by atoms with Crippen LogP contribution in [0.5, 0.6) is 0 Å². The Labute approximate surface area is 107 Å². The van der Waals surface area contributed by atoms with Gasteiger partial charge in [0.2, 0.25) is 5.91 Å². The minimum Gasteiger partial charge on any atom is -0.383 e. The van der Waals surface area contributed by atoms with Crippen LogP contribution in [0.1, 0.15) is 12.0 Å². The molecule has 1 aromatic rings. The van der Waals surface area contributed by atoms with Crippen LogP contribution in [-0.2, 0) is 16.0 Å². The first-order valence-electron chi connectivity index (χ1n) is 6.21. The zero-order chi connectivity index (χ0) is 13.0. The number of rotatable bonds is 5. The number of carbonyl (C=O) groups excluding carboxylic acids is 1. The van der Waals surface area contributed by atoms with Gasteiger partial charge in [-0.3, -0.25) is 4.79 Å². The highest BCUT2D eigenvalue weighted by molar-refractivity contribution is 5.78. The van der Waals surface area contributed by atoms with E-state index in [0.717, 1.165) is 0 Å². The molecule has 98 valence electrons. The summed E-state index contributed by atoms with van der Waals surface area (Å²) in [5, 5.41) is 0. The molecule has 1 saturated heterocycles. The first-order valence-corrected chi connectivity index (χ1v) is 6.21. The maximum Gasteiger partial charge on any atom is 0.223 e. The molecule has 0 N–H and O–H groups in total. The number of likely N-dealkylation sites (tertiary alicyclic amines) is 1. The summed E-state index contributed by atoms with van der Waals surface area (Å²) in [5.74, 6) is 0.180. The number of ether oxygens (including phenoxy) is 1. The lowest BCUT2D eigenvalue weighted by molar-refractivity contribution is -0.128. The Balaban J connectivity index is 1.92. The van der Waals surface area contributed by atoms with Gasteiger partial charge in [0.05, 0.1) is 6.61 Å². The van der Waals surface area contributed by atoms with Crippen LogP contribution in [0, 0.1) is 11.7 Å². The molecular weight excluding hydrogens is 233 g/mol. The number of carbonyl (C=O) groups is 1. The van der Waals surface area contributed by atoms with Crippen molar-refractivity contribution in [1.82, 2.24) is 4.90 Å². The molecule has 1 aromatic carbocycles. The summed E-state index contributed by atoms with van der Waals surface area (Å²) < 4.78 is 18.5. The van der Waals surface area contributed by atoms with Gasteiger partial charge in [0.15, 0.2) is 0 Å². The molecule has 1 aliphatic rings. The topological polar surface area (TPSA) is 29.5 Å². The molecule has 3 nitrogen and oxygen atoms in total. The van der Waals surface area contributed by atoms with Crippen molar-refractivity contribution in [3.05, 3.63) is 35.6 Å². The van der Waals surface area contributed by atoms with Gasteiger partial charge in [-0.2, -0.15) is 0 Å². The fraction of sp³-hybridized carbons (Fsp3) is 0.500. The molecule has 0 saturated carbocycles. The van der Waals surface area contributed by atoms with Crippen LogP contribution >= 0.6 is 0 Å². The third-order valence-corrected chi connectivity index (χ3v) is 3.33. The SMILES string of the molecule is COCCN1C[C@H](Cc2ccccc2F)CC1=O. The number of halogens is 1. The predicted octanol–water partition coefficient (Wildman–Crippen LogP) is 1.86. The highest BCUT2D eigenvalue weighted by atomic mass is 19.1. The van der Waals surface area contributed by atoms with Crippen LogP contribution in [0.4, 0.5) is 4.39 Å². The van der Waals surface area contributed by atoms with Gasteiger partial charge in [-0.1, -0.05) is 18.2 Å². The predicted molar refractivity (Wildman–Crippen MR) is 66.7 cm³/mol. The standard InChI is InChI=1S/C14H18FNO2/c1-18-7-6-16-10-11(9-14(16)17)8-12-4-2-3-5-13(12)15/h2-5,11H,6-10H2,1H3/t11-/m1/s1. The first-order chi connectivity index (χ1) is 8.70. The zero-order valence-corrected chi connectivity index (χ0v) is 10.6. The third kappa shape index (κ3) is 3.07. The van der Waals surface area contributed by atoms with E-state index in [1.807, 2.05) is 6.07 Å². The van der Waals surface area contributed by atoms with Crippen molar-refractivity contribution in [3.8, 4) is 0 Å². The highest BCUT2D eigenvalue weighted by Gasteiger charge is 2.29. The highest BCUT2D eigenvalue weighted by Crippen LogP contribution is 2.22. The molecule has 1 fully saturated rings. The van der Waals surface area contributed by atoms with E-state index in [4.69, 9.17) is 4.74 Å². The van der Waals surface area contributed by atoms with E-state index in [9.17, 15) is 9.18 Å². The van der Waals surface area contributed by atoms with Crippen LogP contribution in [-0.4, -0.2) is 37.6 Å². The monoisotopic (exact) mass is 251 g/mol. The summed E-state index contributed by atoms with van der Waals surface area (Å²) in [6.07, 6.45) is 1.14. The fourth-order valence-corrected chi connectivity index (χ4v) is 2.38. The van der Waals surface area contributed by atoms with Gasteiger partial charge in [-0.15, -0.1) is 0 Å². The van der Waals surface area contributed by atoms with Crippen molar-refractivity contribution in [2.75, 3.05) is 26.8 Å². The first kappa shape index (κ1) is 13.0. The van der Waals surface area contributed by atoms with Crippen molar-refractivity contribution >= 4 is 5.91 Å². The molecule has 18 heavy (non-hydrogen) atoms. The molecule has 2 rings (SSSR count). The molecule has 0 radical (unpaired) electrons. The summed E-state index contributed by atoms with van der Waals surface area (Å²) in [6.45, 7) is 1.89. The third-order valence-electron chi connectivity index (χ3n) is 3.33. The smallest absolute Gasteiger partial charge is 0.223 e. The minimum absolute atomic E-state index is 0.147. The summed E-state index contributed by atoms with van der Waals surface area (Å²) in [5.41, 5.74) is 0.698. The molecule has 0 bridgehead atoms. The number of hydrogen-bond donors (Lipinski definition) is 0. The van der Waals surface area contributed by atoms with E-state index in [-0.39, 0.29) is 17.6 Å². The second-order valence-electron chi connectivity index (χ2n) is 4.70. The lowest BCUT2D eigenvalue weighted by atomic mass is 9.98. The molecule has 4 heteroatoms. The molecule has 1 aliphatic heterocycles. The van der Waals surface area contributed by atoms with Crippen LogP contribution in [0.25, 0.3) is 0 Å². The average molecular weight is 251 g/mol. The van der Waals surface area contributed by atoms with Crippen LogP contribution in [0.3, 0.4) is 0 Å². The summed E-state index contributed by atoms with van der Waals surface area (Å²) in [6, 6.07) is 6.77. The van der Waals surface area contributed by atoms with E-state index >= 15 is 0 Å². The molecule has 1 amide bonds. The Morgan fingerprint density at radius 3 is 2.94 bits per heavy atom. The Kier molecular flexibility index (Phi) is 4.31. The molecule has 1 heterocycles. The molecule has 0 unspecified atom stereocenters. The minimum atomic E-state index is -0.180. The van der Waals surface area contributed by atoms with Crippen LogP contribution in [0.15, 0.2) is 24.3 Å². The average Bonchev–Trinajstić information content (AvgIpc) is 2.70. The van der Waals surface area contributed by atoms with E-state index in [0.29, 0.717) is 38.1 Å². The quantitative estimate of drug-likeness (QED) is 0.799. The Morgan fingerprint density at radius 2 is 2.22 bits per heavy atom. The van der Waals surface area contributed by atoms with Gasteiger partial charge in [0, 0.05) is 26.6 Å². The van der Waals surface area contributed by atoms with Crippen molar-refractivity contribution in [2.24, 2.45) is 5.92 Å².